The smallest absolute Gasteiger partial charge is 0.151 e. The summed E-state index contributed by atoms with van der Waals surface area (Å²) in [5.74, 6) is 0.0563. The first-order chi connectivity index (χ1) is 13.1. The van der Waals surface area contributed by atoms with E-state index >= 15 is 0 Å². The van der Waals surface area contributed by atoms with Gasteiger partial charge < -0.3 is 10.1 Å². The molecule has 0 spiro atoms. The third kappa shape index (κ3) is 3.25. The topological polar surface area (TPSA) is 39.1 Å². The Bertz CT molecular complexity index is 1000. The van der Waals surface area contributed by atoms with Gasteiger partial charge in [0.25, 0.3) is 0 Å². The molecular formula is C20H18ClF2N3O. The fourth-order valence-corrected chi connectivity index (χ4v) is 3.58. The summed E-state index contributed by atoms with van der Waals surface area (Å²) in [6, 6.07) is 8.80. The van der Waals surface area contributed by atoms with Crippen LogP contribution < -0.4 is 10.1 Å². The summed E-state index contributed by atoms with van der Waals surface area (Å²) < 4.78 is 34.8. The molecule has 1 aliphatic heterocycles. The van der Waals surface area contributed by atoms with Crippen LogP contribution in [0.1, 0.15) is 18.4 Å². The number of rotatable bonds is 3. The Morgan fingerprint density at radius 1 is 1.15 bits per heavy atom. The number of aromatic nitrogens is 2. The second-order valence-electron chi connectivity index (χ2n) is 6.41. The van der Waals surface area contributed by atoms with Crippen molar-refractivity contribution in [2.45, 2.75) is 19.3 Å². The van der Waals surface area contributed by atoms with E-state index in [0.717, 1.165) is 48.8 Å². The number of benzene rings is 2. The average Bonchev–Trinajstić information content (AvgIpc) is 2.83. The summed E-state index contributed by atoms with van der Waals surface area (Å²) >= 11 is 6.20. The third-order valence-corrected chi connectivity index (χ3v) is 4.92. The Kier molecular flexibility index (Phi) is 4.74. The van der Waals surface area contributed by atoms with Gasteiger partial charge >= 0.3 is 0 Å². The molecule has 2 heterocycles. The van der Waals surface area contributed by atoms with Crippen molar-refractivity contribution in [2.75, 3.05) is 19.0 Å². The minimum absolute atomic E-state index is 0.189. The number of halogens is 3. The summed E-state index contributed by atoms with van der Waals surface area (Å²) in [6.07, 6.45) is 2.76. The maximum Gasteiger partial charge on any atom is 0.151 e. The molecule has 0 amide bonds. The molecule has 0 bridgehead atoms. The van der Waals surface area contributed by atoms with Crippen LogP contribution in [-0.2, 0) is 6.42 Å². The normalized spacial score (nSPS) is 13.6. The van der Waals surface area contributed by atoms with Gasteiger partial charge in [-0.2, -0.15) is 5.10 Å². The van der Waals surface area contributed by atoms with Gasteiger partial charge in [-0.05, 0) is 49.6 Å². The van der Waals surface area contributed by atoms with Gasteiger partial charge in [0.1, 0.15) is 28.8 Å². The van der Waals surface area contributed by atoms with Gasteiger partial charge in [-0.3, -0.25) is 0 Å². The van der Waals surface area contributed by atoms with E-state index < -0.39 is 11.6 Å². The number of nitrogens with one attached hydrogen (secondary N) is 1. The molecule has 0 atom stereocenters. The lowest BCUT2D eigenvalue weighted by molar-refractivity contribution is 0.416. The molecule has 0 fully saturated rings. The fourth-order valence-electron chi connectivity index (χ4n) is 3.41. The molecule has 0 saturated carbocycles. The molecule has 4 nitrogen and oxygen atoms in total. The van der Waals surface area contributed by atoms with Crippen molar-refractivity contribution in [1.82, 2.24) is 9.78 Å². The second-order valence-corrected chi connectivity index (χ2v) is 6.85. The standard InChI is InChI=1S/C20H18ClF2N3O/c1-27-18-8-5-12(21)10-15(18)19-14-4-2-3-9-24-20(14)26(25-19)17-7-6-13(22)11-16(17)23/h5-8,10-11,24H,2-4,9H2,1H3. The third-order valence-electron chi connectivity index (χ3n) is 4.68. The summed E-state index contributed by atoms with van der Waals surface area (Å²) in [6.45, 7) is 0.758. The fraction of sp³-hybridized carbons (Fsp3) is 0.250. The second kappa shape index (κ2) is 7.19. The van der Waals surface area contributed by atoms with Crippen molar-refractivity contribution in [2.24, 2.45) is 0 Å². The lowest BCUT2D eigenvalue weighted by Crippen LogP contribution is -2.08. The van der Waals surface area contributed by atoms with Crippen molar-refractivity contribution < 1.29 is 13.5 Å². The lowest BCUT2D eigenvalue weighted by Gasteiger charge is -2.10. The summed E-state index contributed by atoms with van der Waals surface area (Å²) in [5, 5.41) is 8.57. The first-order valence-corrected chi connectivity index (χ1v) is 9.11. The molecule has 1 aromatic heterocycles. The van der Waals surface area contributed by atoms with Gasteiger partial charge in [-0.25, -0.2) is 13.5 Å². The Hall–Kier alpha value is -2.60. The van der Waals surface area contributed by atoms with E-state index in [1.165, 1.54) is 16.8 Å². The minimum Gasteiger partial charge on any atom is -0.496 e. The molecule has 140 valence electrons. The quantitative estimate of drug-likeness (QED) is 0.666. The monoisotopic (exact) mass is 389 g/mol. The van der Waals surface area contributed by atoms with Crippen LogP contribution in [0, 0.1) is 11.6 Å². The number of hydrogen-bond donors (Lipinski definition) is 1. The predicted molar refractivity (Wildman–Crippen MR) is 102 cm³/mol. The number of hydrogen-bond acceptors (Lipinski definition) is 3. The Morgan fingerprint density at radius 3 is 2.78 bits per heavy atom. The van der Waals surface area contributed by atoms with Crippen LogP contribution in [-0.4, -0.2) is 23.4 Å². The van der Waals surface area contributed by atoms with E-state index in [4.69, 9.17) is 16.3 Å². The highest BCUT2D eigenvalue weighted by Crippen LogP contribution is 2.39. The van der Waals surface area contributed by atoms with E-state index in [-0.39, 0.29) is 5.69 Å². The van der Waals surface area contributed by atoms with E-state index in [1.54, 1.807) is 25.3 Å². The summed E-state index contributed by atoms with van der Waals surface area (Å²) in [7, 11) is 1.58. The molecule has 0 aliphatic carbocycles. The van der Waals surface area contributed by atoms with Crippen molar-refractivity contribution >= 4 is 17.4 Å². The minimum atomic E-state index is -0.670. The van der Waals surface area contributed by atoms with E-state index in [2.05, 4.69) is 10.4 Å². The van der Waals surface area contributed by atoms with Crippen LogP contribution in [0.4, 0.5) is 14.6 Å². The predicted octanol–water partition coefficient (Wildman–Crippen LogP) is 5.23. The summed E-state index contributed by atoms with van der Waals surface area (Å²) in [5.41, 5.74) is 2.58. The molecule has 0 radical (unpaired) electrons. The number of nitrogens with zero attached hydrogens (tertiary/aromatic N) is 2. The van der Waals surface area contributed by atoms with Gasteiger partial charge in [0, 0.05) is 28.8 Å². The molecule has 3 aromatic rings. The van der Waals surface area contributed by atoms with E-state index in [9.17, 15) is 8.78 Å². The molecule has 0 unspecified atom stereocenters. The highest BCUT2D eigenvalue weighted by Gasteiger charge is 2.25. The number of fused-ring (bicyclic) bond motifs is 1. The molecule has 27 heavy (non-hydrogen) atoms. The van der Waals surface area contributed by atoms with Crippen molar-refractivity contribution in [3.8, 4) is 22.7 Å². The maximum atomic E-state index is 14.5. The Morgan fingerprint density at radius 2 is 2.00 bits per heavy atom. The average molecular weight is 390 g/mol. The van der Waals surface area contributed by atoms with Crippen molar-refractivity contribution in [3.05, 3.63) is 58.6 Å². The molecule has 0 saturated heterocycles. The highest BCUT2D eigenvalue weighted by atomic mass is 35.5. The molecule has 2 aromatic carbocycles. The van der Waals surface area contributed by atoms with E-state index in [1.807, 2.05) is 0 Å². The lowest BCUT2D eigenvalue weighted by atomic mass is 10.0. The largest absolute Gasteiger partial charge is 0.496 e. The maximum absolute atomic E-state index is 14.5. The number of methoxy groups -OCH3 is 1. The first kappa shape index (κ1) is 17.8. The van der Waals surface area contributed by atoms with Crippen LogP contribution in [0.5, 0.6) is 5.75 Å². The van der Waals surface area contributed by atoms with Gasteiger partial charge in [-0.15, -0.1) is 0 Å². The van der Waals surface area contributed by atoms with Gasteiger partial charge in [-0.1, -0.05) is 11.6 Å². The van der Waals surface area contributed by atoms with Crippen LogP contribution >= 0.6 is 11.6 Å². The van der Waals surface area contributed by atoms with E-state index in [0.29, 0.717) is 16.5 Å². The van der Waals surface area contributed by atoms with Gasteiger partial charge in [0.15, 0.2) is 5.82 Å². The molecule has 1 aliphatic rings. The Labute approximate surface area is 160 Å². The van der Waals surface area contributed by atoms with Crippen LogP contribution in [0.2, 0.25) is 5.02 Å². The Balaban J connectivity index is 1.96. The van der Waals surface area contributed by atoms with Crippen LogP contribution in [0.3, 0.4) is 0 Å². The molecular weight excluding hydrogens is 372 g/mol. The molecule has 1 N–H and O–H groups in total. The molecule has 7 heteroatoms. The first-order valence-electron chi connectivity index (χ1n) is 8.73. The summed E-state index contributed by atoms with van der Waals surface area (Å²) in [4.78, 5) is 0. The zero-order chi connectivity index (χ0) is 19.0. The molecule has 4 rings (SSSR count). The van der Waals surface area contributed by atoms with Crippen molar-refractivity contribution in [3.63, 3.8) is 0 Å². The van der Waals surface area contributed by atoms with Crippen LogP contribution in [0.25, 0.3) is 16.9 Å². The van der Waals surface area contributed by atoms with Crippen molar-refractivity contribution in [1.29, 1.82) is 0 Å². The van der Waals surface area contributed by atoms with Gasteiger partial charge in [0.05, 0.1) is 7.11 Å². The zero-order valence-electron chi connectivity index (χ0n) is 14.7. The number of anilines is 1. The SMILES string of the molecule is COc1ccc(Cl)cc1-c1nn(-c2ccc(F)cc2F)c2c1CCCCN2. The van der Waals surface area contributed by atoms with Crippen LogP contribution in [0.15, 0.2) is 36.4 Å². The zero-order valence-corrected chi connectivity index (χ0v) is 15.5. The highest BCUT2D eigenvalue weighted by molar-refractivity contribution is 6.31. The van der Waals surface area contributed by atoms with Gasteiger partial charge in [0.2, 0.25) is 0 Å². The number of ether oxygens (including phenoxy) is 1.